The molecular weight excluding hydrogens is 216 g/mol. The van der Waals surface area contributed by atoms with E-state index in [0.717, 1.165) is 11.8 Å². The molecule has 1 aromatic rings. The number of hydrogen-bond donors (Lipinski definition) is 0. The maximum atomic E-state index is 10.3. The summed E-state index contributed by atoms with van der Waals surface area (Å²) in [4.78, 5) is 10.3. The van der Waals surface area contributed by atoms with Gasteiger partial charge in [-0.3, -0.25) is 4.79 Å². The van der Waals surface area contributed by atoms with Gasteiger partial charge in [-0.2, -0.15) is 0 Å². The van der Waals surface area contributed by atoms with Crippen molar-refractivity contribution in [3.8, 4) is 0 Å². The third kappa shape index (κ3) is 2.62. The van der Waals surface area contributed by atoms with Gasteiger partial charge in [0.25, 0.3) is 0 Å². The van der Waals surface area contributed by atoms with Crippen LogP contribution in [0.15, 0.2) is 28.7 Å². The Morgan fingerprint density at radius 1 is 1.33 bits per heavy atom. The molecule has 0 fully saturated rings. The Balaban J connectivity index is 2.91. The molecule has 62 valence electrons. The third-order valence-electron chi connectivity index (χ3n) is 1.49. The van der Waals surface area contributed by atoms with Gasteiger partial charge in [0, 0.05) is 0 Å². The van der Waals surface area contributed by atoms with Crippen molar-refractivity contribution in [1.29, 1.82) is 0 Å². The second kappa shape index (κ2) is 4.21. The van der Waals surface area contributed by atoms with Crippen molar-refractivity contribution >= 4 is 28.3 Å². The molecule has 0 bridgehead atoms. The van der Waals surface area contributed by atoms with E-state index >= 15 is 0 Å². The van der Waals surface area contributed by atoms with Crippen LogP contribution in [0.25, 0.3) is 6.08 Å². The van der Waals surface area contributed by atoms with E-state index in [1.54, 1.807) is 6.08 Å². The zero-order valence-electron chi connectivity index (χ0n) is 6.75. The zero-order chi connectivity index (χ0) is 8.97. The van der Waals surface area contributed by atoms with Crippen LogP contribution in [0.3, 0.4) is 0 Å². The fourth-order valence-corrected chi connectivity index (χ4v) is 1.12. The number of halogens is 1. The molecule has 1 rings (SSSR count). The van der Waals surface area contributed by atoms with Gasteiger partial charge in [0.1, 0.15) is 0 Å². The summed E-state index contributed by atoms with van der Waals surface area (Å²) in [5.41, 5.74) is 2.24. The maximum Gasteiger partial charge on any atom is 0.157 e. The minimum absolute atomic E-state index is 0.561. The normalized spacial score (nSPS) is 11.3. The van der Waals surface area contributed by atoms with Crippen LogP contribution >= 0.6 is 15.9 Å². The third-order valence-corrected chi connectivity index (χ3v) is 1.91. The van der Waals surface area contributed by atoms with Crippen LogP contribution in [0.5, 0.6) is 0 Å². The number of carbonyl (C=O) groups is 1. The summed E-state index contributed by atoms with van der Waals surface area (Å²) >= 11 is 3.13. The van der Waals surface area contributed by atoms with Gasteiger partial charge in [-0.05, 0) is 34.5 Å². The lowest BCUT2D eigenvalue weighted by Crippen LogP contribution is -1.76. The number of rotatable bonds is 2. The molecule has 0 radical (unpaired) electrons. The Morgan fingerprint density at radius 3 is 2.42 bits per heavy atom. The van der Waals surface area contributed by atoms with Gasteiger partial charge in [-0.25, -0.2) is 0 Å². The van der Waals surface area contributed by atoms with Crippen molar-refractivity contribution in [3.63, 3.8) is 0 Å². The lowest BCUT2D eigenvalue weighted by atomic mass is 10.1. The number of allylic oxidation sites excluding steroid dienone is 1. The van der Waals surface area contributed by atoms with Crippen LogP contribution in [-0.4, -0.2) is 6.29 Å². The van der Waals surface area contributed by atoms with E-state index in [2.05, 4.69) is 15.9 Å². The molecule has 0 saturated heterocycles. The maximum absolute atomic E-state index is 10.3. The highest BCUT2D eigenvalue weighted by Crippen LogP contribution is 2.10. The Morgan fingerprint density at radius 2 is 1.92 bits per heavy atom. The molecule has 0 amide bonds. The van der Waals surface area contributed by atoms with Crippen LogP contribution in [0.4, 0.5) is 0 Å². The molecule has 0 heterocycles. The molecule has 0 aromatic heterocycles. The van der Waals surface area contributed by atoms with E-state index in [1.807, 2.05) is 31.2 Å². The first kappa shape index (κ1) is 9.20. The quantitative estimate of drug-likeness (QED) is 0.558. The van der Waals surface area contributed by atoms with Gasteiger partial charge < -0.3 is 0 Å². The summed E-state index contributed by atoms with van der Waals surface area (Å²) in [7, 11) is 0. The second-order valence-electron chi connectivity index (χ2n) is 2.56. The molecule has 0 unspecified atom stereocenters. The van der Waals surface area contributed by atoms with Crippen LogP contribution in [0, 0.1) is 6.92 Å². The average Bonchev–Trinajstić information content (AvgIpc) is 2.09. The number of benzene rings is 1. The summed E-state index contributed by atoms with van der Waals surface area (Å²) in [5, 5.41) is 0. The summed E-state index contributed by atoms with van der Waals surface area (Å²) in [6, 6.07) is 7.97. The van der Waals surface area contributed by atoms with Crippen molar-refractivity contribution in [2.75, 3.05) is 0 Å². The van der Waals surface area contributed by atoms with Gasteiger partial charge in [0.05, 0.1) is 4.48 Å². The SMILES string of the molecule is Cc1ccc(C=C(Br)C=O)cc1. The van der Waals surface area contributed by atoms with Gasteiger partial charge in [0.15, 0.2) is 6.29 Å². The van der Waals surface area contributed by atoms with Crippen LogP contribution in [0.1, 0.15) is 11.1 Å². The van der Waals surface area contributed by atoms with E-state index < -0.39 is 0 Å². The van der Waals surface area contributed by atoms with Crippen molar-refractivity contribution < 1.29 is 4.79 Å². The smallest absolute Gasteiger partial charge is 0.157 e. The molecular formula is C10H9BrO. The number of carbonyl (C=O) groups excluding carboxylic acids is 1. The van der Waals surface area contributed by atoms with Crippen molar-refractivity contribution in [1.82, 2.24) is 0 Å². The predicted octanol–water partition coefficient (Wildman–Crippen LogP) is 2.93. The molecule has 2 heteroatoms. The fourth-order valence-electron chi connectivity index (χ4n) is 0.856. The molecule has 0 aliphatic heterocycles. The molecule has 0 aliphatic carbocycles. The number of aryl methyl sites for hydroxylation is 1. The summed E-state index contributed by atoms with van der Waals surface area (Å²) in [6.07, 6.45) is 2.56. The minimum atomic E-state index is 0.561. The molecule has 0 spiro atoms. The van der Waals surface area contributed by atoms with Gasteiger partial charge in [-0.1, -0.05) is 29.8 Å². The zero-order valence-corrected chi connectivity index (χ0v) is 8.34. The number of aldehydes is 1. The van der Waals surface area contributed by atoms with Crippen LogP contribution in [0.2, 0.25) is 0 Å². The van der Waals surface area contributed by atoms with Crippen LogP contribution < -0.4 is 0 Å². The summed E-state index contributed by atoms with van der Waals surface area (Å²) in [5.74, 6) is 0. The van der Waals surface area contributed by atoms with Gasteiger partial charge >= 0.3 is 0 Å². The first-order valence-corrected chi connectivity index (χ1v) is 4.41. The molecule has 1 aromatic carbocycles. The van der Waals surface area contributed by atoms with E-state index in [1.165, 1.54) is 5.56 Å². The highest BCUT2D eigenvalue weighted by Gasteiger charge is 1.89. The predicted molar refractivity (Wildman–Crippen MR) is 54.1 cm³/mol. The first-order valence-electron chi connectivity index (χ1n) is 3.61. The summed E-state index contributed by atoms with van der Waals surface area (Å²) in [6.45, 7) is 2.03. The van der Waals surface area contributed by atoms with E-state index in [0.29, 0.717) is 4.48 Å². The standard InChI is InChI=1S/C10H9BrO/c1-8-2-4-9(5-3-8)6-10(11)7-12/h2-7H,1H3. The Kier molecular flexibility index (Phi) is 3.23. The highest BCUT2D eigenvalue weighted by molar-refractivity contribution is 9.12. The van der Waals surface area contributed by atoms with Crippen molar-refractivity contribution in [3.05, 3.63) is 39.9 Å². The summed E-state index contributed by atoms with van der Waals surface area (Å²) < 4.78 is 0.561. The monoisotopic (exact) mass is 224 g/mol. The lowest BCUT2D eigenvalue weighted by Gasteiger charge is -1.94. The first-order chi connectivity index (χ1) is 5.72. The topological polar surface area (TPSA) is 17.1 Å². The Hall–Kier alpha value is -0.890. The Bertz CT molecular complexity index is 298. The van der Waals surface area contributed by atoms with Gasteiger partial charge in [-0.15, -0.1) is 0 Å². The van der Waals surface area contributed by atoms with Crippen molar-refractivity contribution in [2.45, 2.75) is 6.92 Å². The molecule has 0 N–H and O–H groups in total. The van der Waals surface area contributed by atoms with Crippen LogP contribution in [-0.2, 0) is 4.79 Å². The Labute approximate surface area is 80.2 Å². The molecule has 0 atom stereocenters. The lowest BCUT2D eigenvalue weighted by molar-refractivity contribution is -0.104. The molecule has 0 aliphatic rings. The molecule has 0 saturated carbocycles. The highest BCUT2D eigenvalue weighted by atomic mass is 79.9. The molecule has 12 heavy (non-hydrogen) atoms. The van der Waals surface area contributed by atoms with E-state index in [4.69, 9.17) is 0 Å². The van der Waals surface area contributed by atoms with Crippen molar-refractivity contribution in [2.24, 2.45) is 0 Å². The second-order valence-corrected chi connectivity index (χ2v) is 3.47. The largest absolute Gasteiger partial charge is 0.297 e. The number of hydrogen-bond acceptors (Lipinski definition) is 1. The van der Waals surface area contributed by atoms with Gasteiger partial charge in [0.2, 0.25) is 0 Å². The minimum Gasteiger partial charge on any atom is -0.297 e. The fraction of sp³-hybridized carbons (Fsp3) is 0.100. The molecule has 1 nitrogen and oxygen atoms in total. The van der Waals surface area contributed by atoms with E-state index in [9.17, 15) is 4.79 Å². The average molecular weight is 225 g/mol. The van der Waals surface area contributed by atoms with E-state index in [-0.39, 0.29) is 0 Å².